The van der Waals surface area contributed by atoms with Crippen LogP contribution in [0.25, 0.3) is 0 Å². The molecule has 3 heteroatoms. The summed E-state index contributed by atoms with van der Waals surface area (Å²) in [5.74, 6) is 0. The number of aromatic nitrogens is 2. The molecule has 0 aliphatic carbocycles. The highest BCUT2D eigenvalue weighted by atomic mass is 16.3. The van der Waals surface area contributed by atoms with Gasteiger partial charge in [0.25, 0.3) is 0 Å². The smallest absolute Gasteiger partial charge is 0.120 e. The van der Waals surface area contributed by atoms with E-state index in [-0.39, 0.29) is 0 Å². The second kappa shape index (κ2) is 4.28. The van der Waals surface area contributed by atoms with Gasteiger partial charge in [-0.25, -0.2) is 4.98 Å². The summed E-state index contributed by atoms with van der Waals surface area (Å²) in [5.41, 5.74) is 2.88. The summed E-state index contributed by atoms with van der Waals surface area (Å²) in [6.45, 7) is 2.11. The van der Waals surface area contributed by atoms with Gasteiger partial charge in [0.1, 0.15) is 6.10 Å². The van der Waals surface area contributed by atoms with Crippen LogP contribution in [0.3, 0.4) is 0 Å². The van der Waals surface area contributed by atoms with E-state index in [4.69, 9.17) is 0 Å². The summed E-state index contributed by atoms with van der Waals surface area (Å²) >= 11 is 0. The van der Waals surface area contributed by atoms with Gasteiger partial charge in [0, 0.05) is 0 Å². The zero-order valence-corrected chi connectivity index (χ0v) is 8.64. The Labute approximate surface area is 88.8 Å². The van der Waals surface area contributed by atoms with Gasteiger partial charge in [-0.05, 0) is 17.5 Å². The van der Waals surface area contributed by atoms with E-state index in [2.05, 4.69) is 16.9 Å². The molecule has 0 saturated heterocycles. The van der Waals surface area contributed by atoms with Crippen LogP contribution < -0.4 is 0 Å². The molecule has 0 bridgehead atoms. The van der Waals surface area contributed by atoms with Gasteiger partial charge in [-0.3, -0.25) is 0 Å². The van der Waals surface area contributed by atoms with Gasteiger partial charge < -0.3 is 10.1 Å². The molecule has 0 radical (unpaired) electrons. The van der Waals surface area contributed by atoms with E-state index in [0.29, 0.717) is 0 Å². The predicted octanol–water partition coefficient (Wildman–Crippen LogP) is 2.05. The van der Waals surface area contributed by atoms with Crippen LogP contribution in [0.5, 0.6) is 0 Å². The number of imidazole rings is 1. The van der Waals surface area contributed by atoms with Crippen molar-refractivity contribution in [2.75, 3.05) is 0 Å². The van der Waals surface area contributed by atoms with E-state index < -0.39 is 6.10 Å². The number of rotatable bonds is 3. The van der Waals surface area contributed by atoms with Crippen LogP contribution in [0.4, 0.5) is 0 Å². The molecule has 1 atom stereocenters. The van der Waals surface area contributed by atoms with Crippen LogP contribution in [0.2, 0.25) is 0 Å². The van der Waals surface area contributed by atoms with Crippen molar-refractivity contribution in [2.45, 2.75) is 19.4 Å². The maximum absolute atomic E-state index is 9.97. The molecule has 78 valence electrons. The molecule has 2 aromatic rings. The minimum Gasteiger partial charge on any atom is -0.382 e. The van der Waals surface area contributed by atoms with Gasteiger partial charge in [0.15, 0.2) is 0 Å². The summed E-state index contributed by atoms with van der Waals surface area (Å²) in [6, 6.07) is 7.97. The van der Waals surface area contributed by atoms with Crippen LogP contribution in [0.15, 0.2) is 36.8 Å². The lowest BCUT2D eigenvalue weighted by Crippen LogP contribution is -1.99. The Morgan fingerprint density at radius 2 is 2.07 bits per heavy atom. The number of aryl methyl sites for hydroxylation is 1. The average molecular weight is 202 g/mol. The van der Waals surface area contributed by atoms with Crippen LogP contribution >= 0.6 is 0 Å². The summed E-state index contributed by atoms with van der Waals surface area (Å²) in [4.78, 5) is 6.79. The molecule has 0 saturated carbocycles. The molecule has 15 heavy (non-hydrogen) atoms. The lowest BCUT2D eigenvalue weighted by atomic mass is 10.0. The lowest BCUT2D eigenvalue weighted by Gasteiger charge is -2.09. The van der Waals surface area contributed by atoms with Gasteiger partial charge in [0.05, 0.1) is 18.2 Å². The first-order valence-corrected chi connectivity index (χ1v) is 5.06. The molecule has 0 amide bonds. The van der Waals surface area contributed by atoms with E-state index >= 15 is 0 Å². The number of H-pyrrole nitrogens is 1. The van der Waals surface area contributed by atoms with Crippen molar-refractivity contribution in [1.29, 1.82) is 0 Å². The minimum atomic E-state index is -0.613. The molecule has 2 N–H and O–H groups in total. The first-order chi connectivity index (χ1) is 7.31. The third-order valence-corrected chi connectivity index (χ3v) is 2.52. The second-order valence-electron chi connectivity index (χ2n) is 3.50. The van der Waals surface area contributed by atoms with Crippen LogP contribution in [0.1, 0.15) is 29.8 Å². The summed E-state index contributed by atoms with van der Waals surface area (Å²) in [7, 11) is 0. The number of nitrogens with zero attached hydrogens (tertiary/aromatic N) is 1. The number of benzene rings is 1. The van der Waals surface area contributed by atoms with Gasteiger partial charge in [0.2, 0.25) is 0 Å². The molecular weight excluding hydrogens is 188 g/mol. The standard InChI is InChI=1S/C12H14N2O/c1-2-9-3-5-10(6-4-9)12(15)11-7-13-8-14-11/h3-8,12,15H,2H2,1H3,(H,13,14). The first kappa shape index (κ1) is 9.93. The summed E-state index contributed by atoms with van der Waals surface area (Å²) in [5, 5.41) is 9.97. The lowest BCUT2D eigenvalue weighted by molar-refractivity contribution is 0.216. The van der Waals surface area contributed by atoms with Crippen molar-refractivity contribution < 1.29 is 5.11 Å². The molecule has 2 rings (SSSR count). The van der Waals surface area contributed by atoms with E-state index in [9.17, 15) is 5.11 Å². The van der Waals surface area contributed by atoms with Gasteiger partial charge >= 0.3 is 0 Å². The van der Waals surface area contributed by atoms with Crippen LogP contribution in [-0.4, -0.2) is 15.1 Å². The number of hydrogen-bond acceptors (Lipinski definition) is 2. The second-order valence-corrected chi connectivity index (χ2v) is 3.50. The summed E-state index contributed by atoms with van der Waals surface area (Å²) < 4.78 is 0. The number of aliphatic hydroxyl groups excluding tert-OH is 1. The largest absolute Gasteiger partial charge is 0.382 e. The van der Waals surface area contributed by atoms with Crippen molar-refractivity contribution in [3.05, 3.63) is 53.6 Å². The highest BCUT2D eigenvalue weighted by molar-refractivity contribution is 5.28. The fourth-order valence-corrected chi connectivity index (χ4v) is 1.53. The molecule has 1 heterocycles. The monoisotopic (exact) mass is 202 g/mol. The maximum atomic E-state index is 9.97. The van der Waals surface area contributed by atoms with E-state index in [0.717, 1.165) is 17.7 Å². The molecule has 1 aromatic heterocycles. The van der Waals surface area contributed by atoms with E-state index in [1.54, 1.807) is 12.5 Å². The summed E-state index contributed by atoms with van der Waals surface area (Å²) in [6.07, 6.45) is 3.61. The quantitative estimate of drug-likeness (QED) is 0.800. The van der Waals surface area contributed by atoms with Gasteiger partial charge in [-0.2, -0.15) is 0 Å². The van der Waals surface area contributed by atoms with Gasteiger partial charge in [-0.1, -0.05) is 31.2 Å². The Bertz CT molecular complexity index is 406. The molecule has 1 unspecified atom stereocenters. The highest BCUT2D eigenvalue weighted by Crippen LogP contribution is 2.19. The molecule has 3 nitrogen and oxygen atoms in total. The zero-order chi connectivity index (χ0) is 10.7. The first-order valence-electron chi connectivity index (χ1n) is 5.06. The normalized spacial score (nSPS) is 12.7. The maximum Gasteiger partial charge on any atom is 0.120 e. The number of nitrogens with one attached hydrogen (secondary N) is 1. The predicted molar refractivity (Wildman–Crippen MR) is 58.5 cm³/mol. The Kier molecular flexibility index (Phi) is 2.83. The molecule has 1 aromatic carbocycles. The Morgan fingerprint density at radius 3 is 2.60 bits per heavy atom. The number of aromatic amines is 1. The minimum absolute atomic E-state index is 0.613. The third-order valence-electron chi connectivity index (χ3n) is 2.52. The highest BCUT2D eigenvalue weighted by Gasteiger charge is 2.10. The molecule has 0 fully saturated rings. The Hall–Kier alpha value is -1.61. The zero-order valence-electron chi connectivity index (χ0n) is 8.64. The SMILES string of the molecule is CCc1ccc(C(O)c2cnc[nH]2)cc1. The topological polar surface area (TPSA) is 48.9 Å². The van der Waals surface area contributed by atoms with Crippen molar-refractivity contribution in [1.82, 2.24) is 9.97 Å². The fraction of sp³-hybridized carbons (Fsp3) is 0.250. The Balaban J connectivity index is 2.22. The van der Waals surface area contributed by atoms with Crippen molar-refractivity contribution in [3.8, 4) is 0 Å². The number of aliphatic hydroxyl groups is 1. The van der Waals surface area contributed by atoms with Crippen molar-refractivity contribution in [3.63, 3.8) is 0 Å². The molecule has 0 aliphatic heterocycles. The van der Waals surface area contributed by atoms with E-state index in [1.807, 2.05) is 24.3 Å². The molecule has 0 spiro atoms. The van der Waals surface area contributed by atoms with Crippen LogP contribution in [0, 0.1) is 0 Å². The van der Waals surface area contributed by atoms with Crippen LogP contribution in [-0.2, 0) is 6.42 Å². The third kappa shape index (κ3) is 2.07. The van der Waals surface area contributed by atoms with Crippen molar-refractivity contribution >= 4 is 0 Å². The molecular formula is C12H14N2O. The Morgan fingerprint density at radius 1 is 1.33 bits per heavy atom. The van der Waals surface area contributed by atoms with Gasteiger partial charge in [-0.15, -0.1) is 0 Å². The number of hydrogen-bond donors (Lipinski definition) is 2. The fourth-order valence-electron chi connectivity index (χ4n) is 1.53. The van der Waals surface area contributed by atoms with E-state index in [1.165, 1.54) is 5.56 Å². The average Bonchev–Trinajstić information content (AvgIpc) is 2.82. The molecule has 0 aliphatic rings. The van der Waals surface area contributed by atoms with Crippen molar-refractivity contribution in [2.24, 2.45) is 0 Å².